The van der Waals surface area contributed by atoms with Crippen molar-refractivity contribution in [1.29, 1.82) is 0 Å². The third-order valence-corrected chi connectivity index (χ3v) is 2.61. The zero-order valence-electron chi connectivity index (χ0n) is 8.29. The third kappa shape index (κ3) is 2.97. The van der Waals surface area contributed by atoms with Crippen molar-refractivity contribution in [3.8, 4) is 0 Å². The van der Waals surface area contributed by atoms with Crippen molar-refractivity contribution in [1.82, 2.24) is 10.4 Å². The van der Waals surface area contributed by atoms with Crippen molar-refractivity contribution < 1.29 is 9.90 Å². The summed E-state index contributed by atoms with van der Waals surface area (Å²) in [5, 5.41) is 10.6. The number of hydrogen-bond donors (Lipinski definition) is 2. The Bertz CT molecular complexity index is 174. The summed E-state index contributed by atoms with van der Waals surface area (Å²) in [6.07, 6.45) is 3.54. The van der Waals surface area contributed by atoms with Crippen molar-refractivity contribution >= 4 is 5.97 Å². The van der Waals surface area contributed by atoms with Gasteiger partial charge in [-0.2, -0.15) is 0 Å². The fraction of sp³-hybridized carbons (Fsp3) is 0.889. The predicted octanol–water partition coefficient (Wildman–Crippen LogP) is 0.838. The first kappa shape index (κ1) is 10.5. The van der Waals surface area contributed by atoms with Crippen LogP contribution in [-0.4, -0.2) is 34.7 Å². The fourth-order valence-corrected chi connectivity index (χ4v) is 1.89. The van der Waals surface area contributed by atoms with Gasteiger partial charge in [0, 0.05) is 12.1 Å². The molecule has 1 aliphatic rings. The van der Waals surface area contributed by atoms with Crippen LogP contribution < -0.4 is 5.43 Å². The van der Waals surface area contributed by atoms with E-state index >= 15 is 0 Å². The lowest BCUT2D eigenvalue weighted by Crippen LogP contribution is -2.53. The van der Waals surface area contributed by atoms with Gasteiger partial charge in [0.1, 0.15) is 6.54 Å². The SMILES string of the molecule is CC1CCCC(C)N1NCC(=O)O. The summed E-state index contributed by atoms with van der Waals surface area (Å²) < 4.78 is 0. The highest BCUT2D eigenvalue weighted by Gasteiger charge is 2.24. The van der Waals surface area contributed by atoms with Crippen LogP contribution in [0.4, 0.5) is 0 Å². The largest absolute Gasteiger partial charge is 0.480 e. The molecule has 0 aromatic carbocycles. The summed E-state index contributed by atoms with van der Waals surface area (Å²) in [6.45, 7) is 4.28. The lowest BCUT2D eigenvalue weighted by molar-refractivity contribution is -0.137. The van der Waals surface area contributed by atoms with Crippen LogP contribution in [-0.2, 0) is 4.79 Å². The van der Waals surface area contributed by atoms with Crippen LogP contribution in [0, 0.1) is 0 Å². The molecule has 2 N–H and O–H groups in total. The molecule has 1 aliphatic heterocycles. The molecule has 0 aliphatic carbocycles. The Morgan fingerprint density at radius 3 is 2.46 bits per heavy atom. The second-order valence-electron chi connectivity index (χ2n) is 3.76. The maximum Gasteiger partial charge on any atom is 0.318 e. The zero-order valence-corrected chi connectivity index (χ0v) is 8.29. The molecule has 0 amide bonds. The summed E-state index contributed by atoms with van der Waals surface area (Å²) in [4.78, 5) is 10.4. The first-order valence-corrected chi connectivity index (χ1v) is 4.85. The highest BCUT2D eigenvalue weighted by atomic mass is 16.4. The van der Waals surface area contributed by atoms with E-state index in [-0.39, 0.29) is 6.54 Å². The molecule has 0 aromatic heterocycles. The molecule has 4 nitrogen and oxygen atoms in total. The monoisotopic (exact) mass is 186 g/mol. The third-order valence-electron chi connectivity index (χ3n) is 2.61. The van der Waals surface area contributed by atoms with Crippen LogP contribution in [0.3, 0.4) is 0 Å². The zero-order chi connectivity index (χ0) is 9.84. The van der Waals surface area contributed by atoms with E-state index in [1.807, 2.05) is 0 Å². The van der Waals surface area contributed by atoms with Crippen molar-refractivity contribution in [2.75, 3.05) is 6.54 Å². The Morgan fingerprint density at radius 2 is 2.00 bits per heavy atom. The van der Waals surface area contributed by atoms with Crippen molar-refractivity contribution in [3.05, 3.63) is 0 Å². The molecule has 1 saturated heterocycles. The van der Waals surface area contributed by atoms with Gasteiger partial charge in [-0.1, -0.05) is 6.42 Å². The van der Waals surface area contributed by atoms with Gasteiger partial charge in [0.05, 0.1) is 0 Å². The number of aliphatic carboxylic acids is 1. The molecule has 0 bridgehead atoms. The van der Waals surface area contributed by atoms with Crippen molar-refractivity contribution in [3.63, 3.8) is 0 Å². The van der Waals surface area contributed by atoms with Crippen LogP contribution in [0.2, 0.25) is 0 Å². The van der Waals surface area contributed by atoms with E-state index in [0.29, 0.717) is 12.1 Å². The normalized spacial score (nSPS) is 30.3. The predicted molar refractivity (Wildman–Crippen MR) is 50.3 cm³/mol. The van der Waals surface area contributed by atoms with E-state index in [1.165, 1.54) is 6.42 Å². The number of nitrogens with one attached hydrogen (secondary N) is 1. The Balaban J connectivity index is 2.39. The van der Waals surface area contributed by atoms with Gasteiger partial charge < -0.3 is 5.11 Å². The number of carboxylic acids is 1. The van der Waals surface area contributed by atoms with Gasteiger partial charge in [0.15, 0.2) is 0 Å². The minimum atomic E-state index is -0.801. The summed E-state index contributed by atoms with van der Waals surface area (Å²) >= 11 is 0. The van der Waals surface area contributed by atoms with E-state index in [9.17, 15) is 4.79 Å². The van der Waals surface area contributed by atoms with Gasteiger partial charge in [-0.3, -0.25) is 4.79 Å². The van der Waals surface area contributed by atoms with E-state index in [1.54, 1.807) is 0 Å². The number of nitrogens with zero attached hydrogens (tertiary/aromatic N) is 1. The highest BCUT2D eigenvalue weighted by Crippen LogP contribution is 2.19. The average Bonchev–Trinajstić information content (AvgIpc) is 2.03. The van der Waals surface area contributed by atoms with Crippen molar-refractivity contribution in [2.45, 2.75) is 45.2 Å². The second kappa shape index (κ2) is 4.58. The van der Waals surface area contributed by atoms with Crippen LogP contribution in [0.5, 0.6) is 0 Å². The highest BCUT2D eigenvalue weighted by molar-refractivity contribution is 5.68. The lowest BCUT2D eigenvalue weighted by atomic mass is 10.00. The Kier molecular flexibility index (Phi) is 3.69. The number of rotatable bonds is 3. The molecule has 2 unspecified atom stereocenters. The second-order valence-corrected chi connectivity index (χ2v) is 3.76. The topological polar surface area (TPSA) is 52.6 Å². The average molecular weight is 186 g/mol. The fourth-order valence-electron chi connectivity index (χ4n) is 1.89. The van der Waals surface area contributed by atoms with Crippen LogP contribution >= 0.6 is 0 Å². The minimum absolute atomic E-state index is 0.0225. The van der Waals surface area contributed by atoms with E-state index in [4.69, 9.17) is 5.11 Å². The molecule has 0 aromatic rings. The van der Waals surface area contributed by atoms with Gasteiger partial charge >= 0.3 is 5.97 Å². The van der Waals surface area contributed by atoms with Gasteiger partial charge in [-0.05, 0) is 26.7 Å². The Hall–Kier alpha value is -0.610. The van der Waals surface area contributed by atoms with Gasteiger partial charge in [-0.15, -0.1) is 0 Å². The van der Waals surface area contributed by atoms with Crippen LogP contribution in [0.15, 0.2) is 0 Å². The molecule has 1 rings (SSSR count). The van der Waals surface area contributed by atoms with Crippen molar-refractivity contribution in [2.24, 2.45) is 0 Å². The molecule has 0 radical (unpaired) electrons. The van der Waals surface area contributed by atoms with E-state index in [0.717, 1.165) is 12.8 Å². The summed E-state index contributed by atoms with van der Waals surface area (Å²) in [5.41, 5.74) is 2.95. The smallest absolute Gasteiger partial charge is 0.318 e. The Labute approximate surface area is 78.9 Å². The Morgan fingerprint density at radius 1 is 1.46 bits per heavy atom. The summed E-state index contributed by atoms with van der Waals surface area (Å²) in [6, 6.07) is 0.895. The lowest BCUT2D eigenvalue weighted by Gasteiger charge is -2.38. The molecular formula is C9H18N2O2. The minimum Gasteiger partial charge on any atom is -0.480 e. The molecule has 0 spiro atoms. The standard InChI is InChI=1S/C9H18N2O2/c1-7-4-3-5-8(2)11(7)10-6-9(12)13/h7-8,10H,3-6H2,1-2H3,(H,12,13). The molecule has 4 heteroatoms. The molecule has 76 valence electrons. The van der Waals surface area contributed by atoms with Crippen LogP contribution in [0.25, 0.3) is 0 Å². The summed E-state index contributed by atoms with van der Waals surface area (Å²) in [5.74, 6) is -0.801. The maximum atomic E-state index is 10.4. The quantitative estimate of drug-likeness (QED) is 0.685. The van der Waals surface area contributed by atoms with E-state index < -0.39 is 5.97 Å². The molecule has 2 atom stereocenters. The molecular weight excluding hydrogens is 168 g/mol. The summed E-state index contributed by atoms with van der Waals surface area (Å²) in [7, 11) is 0. The number of hydrogen-bond acceptors (Lipinski definition) is 3. The number of carbonyl (C=O) groups is 1. The first-order valence-electron chi connectivity index (χ1n) is 4.85. The molecule has 0 saturated carbocycles. The van der Waals surface area contributed by atoms with E-state index in [2.05, 4.69) is 24.3 Å². The van der Waals surface area contributed by atoms with Gasteiger partial charge in [0.2, 0.25) is 0 Å². The first-order chi connectivity index (χ1) is 6.11. The molecule has 13 heavy (non-hydrogen) atoms. The number of carboxylic acid groups (broad SMARTS) is 1. The maximum absolute atomic E-state index is 10.4. The number of piperidine rings is 1. The molecule has 1 fully saturated rings. The van der Waals surface area contributed by atoms with Gasteiger partial charge in [0.25, 0.3) is 0 Å². The van der Waals surface area contributed by atoms with Crippen LogP contribution in [0.1, 0.15) is 33.1 Å². The molecule has 1 heterocycles. The van der Waals surface area contributed by atoms with Gasteiger partial charge in [-0.25, -0.2) is 10.4 Å². The number of hydrazine groups is 1.